The Hall–Kier alpha value is -1.09. The molecule has 1 saturated heterocycles. The maximum absolute atomic E-state index is 4.59. The molecular weight excluding hydrogens is 246 g/mol. The topological polar surface area (TPSA) is 28.2 Å². The van der Waals surface area contributed by atoms with Gasteiger partial charge in [-0.3, -0.25) is 0 Å². The van der Waals surface area contributed by atoms with E-state index < -0.39 is 0 Å². The van der Waals surface area contributed by atoms with Crippen LogP contribution in [-0.4, -0.2) is 24.1 Å². The molecule has 1 aliphatic heterocycles. The van der Waals surface area contributed by atoms with Crippen LogP contribution in [0.4, 0.5) is 5.82 Å². The van der Waals surface area contributed by atoms with Gasteiger partial charge in [0, 0.05) is 25.3 Å². The first-order valence-electron chi connectivity index (χ1n) is 7.98. The molecule has 112 valence electrons. The van der Waals surface area contributed by atoms with Crippen LogP contribution in [0.3, 0.4) is 0 Å². The standard InChI is InChI=1S/C17H29N3/c1-13(2)10-18-11-16-7-8-19-17(9-16)20-12-14(3)5-6-15(20)4/h7-9,13-15,18H,5-6,10-12H2,1-4H3. The molecule has 2 rings (SSSR count). The monoisotopic (exact) mass is 275 g/mol. The molecule has 1 N–H and O–H groups in total. The molecule has 2 heterocycles. The minimum absolute atomic E-state index is 0.609. The zero-order chi connectivity index (χ0) is 14.5. The van der Waals surface area contributed by atoms with E-state index in [4.69, 9.17) is 0 Å². The van der Waals surface area contributed by atoms with Crippen LogP contribution in [-0.2, 0) is 6.54 Å². The molecule has 1 aliphatic rings. The van der Waals surface area contributed by atoms with Gasteiger partial charge in [0.2, 0.25) is 0 Å². The predicted octanol–water partition coefficient (Wildman–Crippen LogP) is 3.45. The molecule has 0 aromatic carbocycles. The second kappa shape index (κ2) is 7.07. The molecule has 1 aromatic heterocycles. The molecule has 3 nitrogen and oxygen atoms in total. The van der Waals surface area contributed by atoms with E-state index in [9.17, 15) is 0 Å². The molecule has 3 heteroatoms. The normalized spacial score (nSPS) is 23.4. The molecule has 2 unspecified atom stereocenters. The van der Waals surface area contributed by atoms with Crippen molar-refractivity contribution < 1.29 is 0 Å². The van der Waals surface area contributed by atoms with Crippen LogP contribution in [0.1, 0.15) is 46.1 Å². The van der Waals surface area contributed by atoms with Gasteiger partial charge in [0.1, 0.15) is 5.82 Å². The third-order valence-corrected chi connectivity index (χ3v) is 4.10. The Morgan fingerprint density at radius 2 is 2.15 bits per heavy atom. The van der Waals surface area contributed by atoms with E-state index in [2.05, 4.69) is 55.0 Å². The minimum atomic E-state index is 0.609. The van der Waals surface area contributed by atoms with Crippen molar-refractivity contribution in [3.63, 3.8) is 0 Å². The molecule has 1 fully saturated rings. The number of pyridine rings is 1. The lowest BCUT2D eigenvalue weighted by atomic mass is 9.95. The number of hydrogen-bond donors (Lipinski definition) is 1. The average Bonchev–Trinajstić information content (AvgIpc) is 2.41. The van der Waals surface area contributed by atoms with Crippen molar-refractivity contribution in [2.24, 2.45) is 11.8 Å². The smallest absolute Gasteiger partial charge is 0.129 e. The Morgan fingerprint density at radius 1 is 1.35 bits per heavy atom. The summed E-state index contributed by atoms with van der Waals surface area (Å²) in [4.78, 5) is 7.06. The molecule has 0 saturated carbocycles. The van der Waals surface area contributed by atoms with Gasteiger partial charge in [-0.15, -0.1) is 0 Å². The highest BCUT2D eigenvalue weighted by atomic mass is 15.2. The van der Waals surface area contributed by atoms with Crippen molar-refractivity contribution in [1.29, 1.82) is 0 Å². The van der Waals surface area contributed by atoms with Gasteiger partial charge < -0.3 is 10.2 Å². The largest absolute Gasteiger partial charge is 0.354 e. The fraction of sp³-hybridized carbons (Fsp3) is 0.706. The highest BCUT2D eigenvalue weighted by molar-refractivity contribution is 5.42. The maximum atomic E-state index is 4.59. The van der Waals surface area contributed by atoms with Crippen molar-refractivity contribution in [1.82, 2.24) is 10.3 Å². The van der Waals surface area contributed by atoms with E-state index in [0.717, 1.165) is 31.4 Å². The van der Waals surface area contributed by atoms with Crippen LogP contribution in [0, 0.1) is 11.8 Å². The highest BCUT2D eigenvalue weighted by Crippen LogP contribution is 2.26. The molecule has 2 atom stereocenters. The average molecular weight is 275 g/mol. The summed E-state index contributed by atoms with van der Waals surface area (Å²) in [6.45, 7) is 12.3. The number of anilines is 1. The summed E-state index contributed by atoms with van der Waals surface area (Å²) in [6, 6.07) is 4.98. The van der Waals surface area contributed by atoms with Crippen molar-refractivity contribution >= 4 is 5.82 Å². The molecular formula is C17H29N3. The Bertz CT molecular complexity index is 416. The highest BCUT2D eigenvalue weighted by Gasteiger charge is 2.23. The zero-order valence-corrected chi connectivity index (χ0v) is 13.4. The van der Waals surface area contributed by atoms with Gasteiger partial charge >= 0.3 is 0 Å². The van der Waals surface area contributed by atoms with Crippen LogP contribution < -0.4 is 10.2 Å². The van der Waals surface area contributed by atoms with E-state index in [1.807, 2.05) is 6.20 Å². The molecule has 1 aromatic rings. The second-order valence-corrected chi connectivity index (χ2v) is 6.73. The first kappa shape index (κ1) is 15.3. The molecule has 0 amide bonds. The SMILES string of the molecule is CC(C)CNCc1ccnc(N2CC(C)CCC2C)c1. The number of aromatic nitrogens is 1. The third-order valence-electron chi connectivity index (χ3n) is 4.10. The summed E-state index contributed by atoms with van der Waals surface area (Å²) >= 11 is 0. The van der Waals surface area contributed by atoms with Crippen molar-refractivity contribution in [3.05, 3.63) is 23.9 Å². The van der Waals surface area contributed by atoms with Gasteiger partial charge in [-0.1, -0.05) is 20.8 Å². The number of nitrogens with one attached hydrogen (secondary N) is 1. The predicted molar refractivity (Wildman–Crippen MR) is 86.0 cm³/mol. The quantitative estimate of drug-likeness (QED) is 0.892. The van der Waals surface area contributed by atoms with Gasteiger partial charge in [-0.05, 0) is 55.8 Å². The van der Waals surface area contributed by atoms with Gasteiger partial charge in [0.05, 0.1) is 0 Å². The lowest BCUT2D eigenvalue weighted by molar-refractivity contribution is 0.388. The number of rotatable bonds is 5. The Balaban J connectivity index is 2.01. The van der Waals surface area contributed by atoms with Crippen LogP contribution in [0.25, 0.3) is 0 Å². The van der Waals surface area contributed by atoms with Crippen molar-refractivity contribution in [2.75, 3.05) is 18.0 Å². The van der Waals surface area contributed by atoms with Crippen LogP contribution in [0.5, 0.6) is 0 Å². The van der Waals surface area contributed by atoms with Crippen LogP contribution >= 0.6 is 0 Å². The second-order valence-electron chi connectivity index (χ2n) is 6.73. The number of piperidine rings is 1. The lowest BCUT2D eigenvalue weighted by Crippen LogP contribution is -2.41. The van der Waals surface area contributed by atoms with Crippen LogP contribution in [0.2, 0.25) is 0 Å². The third kappa shape index (κ3) is 4.20. The van der Waals surface area contributed by atoms with E-state index in [-0.39, 0.29) is 0 Å². The Morgan fingerprint density at radius 3 is 2.90 bits per heavy atom. The van der Waals surface area contributed by atoms with E-state index in [1.54, 1.807) is 0 Å². The summed E-state index contributed by atoms with van der Waals surface area (Å²) in [6.07, 6.45) is 4.57. The van der Waals surface area contributed by atoms with Crippen molar-refractivity contribution in [2.45, 2.75) is 53.1 Å². The summed E-state index contributed by atoms with van der Waals surface area (Å²) < 4.78 is 0. The molecule has 0 aliphatic carbocycles. The zero-order valence-electron chi connectivity index (χ0n) is 13.4. The summed E-state index contributed by atoms with van der Waals surface area (Å²) in [7, 11) is 0. The number of hydrogen-bond acceptors (Lipinski definition) is 3. The first-order chi connectivity index (χ1) is 9.56. The van der Waals surface area contributed by atoms with E-state index >= 15 is 0 Å². The summed E-state index contributed by atoms with van der Waals surface area (Å²) in [5.74, 6) is 2.61. The summed E-state index contributed by atoms with van der Waals surface area (Å²) in [5.41, 5.74) is 1.33. The van der Waals surface area contributed by atoms with Crippen LogP contribution in [0.15, 0.2) is 18.3 Å². The Labute approximate surface area is 123 Å². The van der Waals surface area contributed by atoms with E-state index in [0.29, 0.717) is 12.0 Å². The van der Waals surface area contributed by atoms with Gasteiger partial charge in [0.25, 0.3) is 0 Å². The van der Waals surface area contributed by atoms with Crippen molar-refractivity contribution in [3.8, 4) is 0 Å². The fourth-order valence-electron chi connectivity index (χ4n) is 2.84. The first-order valence-corrected chi connectivity index (χ1v) is 7.98. The molecule has 0 spiro atoms. The lowest BCUT2D eigenvalue weighted by Gasteiger charge is -2.37. The van der Waals surface area contributed by atoms with Gasteiger partial charge in [-0.25, -0.2) is 4.98 Å². The van der Waals surface area contributed by atoms with Gasteiger partial charge in [0.15, 0.2) is 0 Å². The fourth-order valence-corrected chi connectivity index (χ4v) is 2.84. The molecule has 0 radical (unpaired) electrons. The Kier molecular flexibility index (Phi) is 5.41. The minimum Gasteiger partial charge on any atom is -0.354 e. The number of nitrogens with zero attached hydrogens (tertiary/aromatic N) is 2. The summed E-state index contributed by atoms with van der Waals surface area (Å²) in [5, 5.41) is 3.50. The molecule has 20 heavy (non-hydrogen) atoms. The van der Waals surface area contributed by atoms with Gasteiger partial charge in [-0.2, -0.15) is 0 Å². The van der Waals surface area contributed by atoms with E-state index in [1.165, 1.54) is 18.4 Å². The molecule has 0 bridgehead atoms. The maximum Gasteiger partial charge on any atom is 0.129 e.